The summed E-state index contributed by atoms with van der Waals surface area (Å²) in [6.07, 6.45) is 2.42. The molecule has 1 aromatic rings. The first-order chi connectivity index (χ1) is 10.4. The fraction of sp³-hybridized carbons (Fsp3) is 0.533. The zero-order chi connectivity index (χ0) is 15.9. The summed E-state index contributed by atoms with van der Waals surface area (Å²) in [5.74, 6) is 0.338. The standard InChI is InChI=1S/C15H18ClNO4S/c1-10-6-12(16)3-5-14(10)21-8-15(18)17-13-4-2-11(7-13)9-22(17,19)20/h3,5-6,11,13H,2,4,7-9H2,1H3/t11-,13+/m0/s1. The maximum atomic E-state index is 12.3. The number of carbonyl (C=O) groups excluding carboxylic acids is 1. The first-order valence-corrected chi connectivity index (χ1v) is 9.29. The van der Waals surface area contributed by atoms with Gasteiger partial charge >= 0.3 is 0 Å². The number of fused-ring (bicyclic) bond motifs is 2. The Kier molecular flexibility index (Phi) is 4.07. The molecule has 1 saturated heterocycles. The lowest BCUT2D eigenvalue weighted by Crippen LogP contribution is -2.49. The number of aryl methyl sites for hydroxylation is 1. The summed E-state index contributed by atoms with van der Waals surface area (Å²) in [5, 5.41) is 0.590. The van der Waals surface area contributed by atoms with Gasteiger partial charge < -0.3 is 4.74 Å². The van der Waals surface area contributed by atoms with Crippen molar-refractivity contribution in [2.24, 2.45) is 5.92 Å². The van der Waals surface area contributed by atoms with Gasteiger partial charge in [-0.2, -0.15) is 0 Å². The number of nitrogens with zero attached hydrogens (tertiary/aromatic N) is 1. The summed E-state index contributed by atoms with van der Waals surface area (Å²) in [5.41, 5.74) is 0.808. The van der Waals surface area contributed by atoms with Crippen LogP contribution in [0.5, 0.6) is 5.75 Å². The Morgan fingerprint density at radius 2 is 2.18 bits per heavy atom. The summed E-state index contributed by atoms with van der Waals surface area (Å²) in [4.78, 5) is 12.3. The van der Waals surface area contributed by atoms with Crippen LogP contribution in [-0.2, 0) is 14.8 Å². The van der Waals surface area contributed by atoms with Gasteiger partial charge in [0.1, 0.15) is 5.75 Å². The van der Waals surface area contributed by atoms with Crippen LogP contribution in [0.2, 0.25) is 5.02 Å². The number of hydrogen-bond acceptors (Lipinski definition) is 4. The van der Waals surface area contributed by atoms with Crippen LogP contribution >= 0.6 is 11.6 Å². The number of ether oxygens (including phenoxy) is 1. The van der Waals surface area contributed by atoms with Crippen LogP contribution in [0.4, 0.5) is 0 Å². The molecule has 1 aliphatic carbocycles. The molecule has 1 amide bonds. The number of sulfonamides is 1. The van der Waals surface area contributed by atoms with E-state index >= 15 is 0 Å². The summed E-state index contributed by atoms with van der Waals surface area (Å²) >= 11 is 5.87. The fourth-order valence-electron chi connectivity index (χ4n) is 3.35. The van der Waals surface area contributed by atoms with Gasteiger partial charge in [-0.15, -0.1) is 0 Å². The molecule has 1 saturated carbocycles. The van der Waals surface area contributed by atoms with Gasteiger partial charge in [0.25, 0.3) is 5.91 Å². The predicted molar refractivity (Wildman–Crippen MR) is 83.4 cm³/mol. The Morgan fingerprint density at radius 3 is 2.91 bits per heavy atom. The molecular weight excluding hydrogens is 326 g/mol. The van der Waals surface area contributed by atoms with E-state index in [-0.39, 0.29) is 24.3 Å². The molecule has 0 spiro atoms. The molecule has 3 rings (SSSR count). The van der Waals surface area contributed by atoms with Crippen LogP contribution in [0, 0.1) is 12.8 Å². The van der Waals surface area contributed by atoms with Crippen molar-refractivity contribution < 1.29 is 17.9 Å². The number of carbonyl (C=O) groups is 1. The zero-order valence-corrected chi connectivity index (χ0v) is 13.9. The van der Waals surface area contributed by atoms with E-state index in [0.29, 0.717) is 10.8 Å². The van der Waals surface area contributed by atoms with E-state index in [9.17, 15) is 13.2 Å². The topological polar surface area (TPSA) is 63.7 Å². The van der Waals surface area contributed by atoms with Gasteiger partial charge in [0.15, 0.2) is 6.61 Å². The highest BCUT2D eigenvalue weighted by molar-refractivity contribution is 7.89. The van der Waals surface area contributed by atoms with Gasteiger partial charge in [0.05, 0.1) is 5.75 Å². The van der Waals surface area contributed by atoms with E-state index in [1.165, 1.54) is 0 Å². The van der Waals surface area contributed by atoms with E-state index in [0.717, 1.165) is 29.1 Å². The molecule has 120 valence electrons. The smallest absolute Gasteiger partial charge is 0.274 e. The van der Waals surface area contributed by atoms with Crippen molar-refractivity contribution in [3.8, 4) is 5.75 Å². The Morgan fingerprint density at radius 1 is 1.41 bits per heavy atom. The van der Waals surface area contributed by atoms with Crippen molar-refractivity contribution in [1.29, 1.82) is 0 Å². The van der Waals surface area contributed by atoms with Gasteiger partial charge in [-0.1, -0.05) is 11.6 Å². The average molecular weight is 344 g/mol. The maximum absolute atomic E-state index is 12.3. The lowest BCUT2D eigenvalue weighted by Gasteiger charge is -2.32. The molecule has 1 aromatic carbocycles. The highest BCUT2D eigenvalue weighted by atomic mass is 35.5. The molecule has 22 heavy (non-hydrogen) atoms. The minimum absolute atomic E-state index is 0.0786. The minimum Gasteiger partial charge on any atom is -0.483 e. The van der Waals surface area contributed by atoms with Crippen molar-refractivity contribution in [3.63, 3.8) is 0 Å². The zero-order valence-electron chi connectivity index (χ0n) is 12.3. The van der Waals surface area contributed by atoms with E-state index < -0.39 is 15.9 Å². The lowest BCUT2D eigenvalue weighted by molar-refractivity contribution is -0.130. The van der Waals surface area contributed by atoms with Gasteiger partial charge in [-0.3, -0.25) is 4.79 Å². The molecule has 0 radical (unpaired) electrons. The van der Waals surface area contributed by atoms with Crippen molar-refractivity contribution in [2.45, 2.75) is 32.2 Å². The molecule has 2 bridgehead atoms. The van der Waals surface area contributed by atoms with Gasteiger partial charge in [-0.05, 0) is 55.9 Å². The van der Waals surface area contributed by atoms with E-state index in [4.69, 9.17) is 16.3 Å². The van der Waals surface area contributed by atoms with Crippen molar-refractivity contribution in [3.05, 3.63) is 28.8 Å². The SMILES string of the molecule is Cc1cc(Cl)ccc1OCC(=O)N1[C@@H]2CC[C@@H](C2)CS1(=O)=O. The number of hydrogen-bond donors (Lipinski definition) is 0. The highest BCUT2D eigenvalue weighted by Gasteiger charge is 2.45. The Bertz CT molecular complexity index is 703. The van der Waals surface area contributed by atoms with Crippen LogP contribution in [0.25, 0.3) is 0 Å². The molecular formula is C15H18ClNO4S. The molecule has 2 atom stereocenters. The van der Waals surface area contributed by atoms with Crippen LogP contribution in [0.1, 0.15) is 24.8 Å². The fourth-order valence-corrected chi connectivity index (χ4v) is 5.65. The first kappa shape index (κ1) is 15.6. The Hall–Kier alpha value is -1.27. The highest BCUT2D eigenvalue weighted by Crippen LogP contribution is 2.37. The summed E-state index contributed by atoms with van der Waals surface area (Å²) < 4.78 is 31.0. The first-order valence-electron chi connectivity index (χ1n) is 7.31. The predicted octanol–water partition coefficient (Wildman–Crippen LogP) is 2.37. The quantitative estimate of drug-likeness (QED) is 0.845. The van der Waals surface area contributed by atoms with Crippen molar-refractivity contribution in [2.75, 3.05) is 12.4 Å². The summed E-state index contributed by atoms with van der Waals surface area (Å²) in [7, 11) is -3.50. The van der Waals surface area contributed by atoms with E-state index in [2.05, 4.69) is 0 Å². The van der Waals surface area contributed by atoms with Crippen molar-refractivity contribution in [1.82, 2.24) is 4.31 Å². The van der Waals surface area contributed by atoms with Crippen LogP contribution in [0.15, 0.2) is 18.2 Å². The molecule has 0 N–H and O–H groups in total. The molecule has 0 aromatic heterocycles. The normalized spacial score (nSPS) is 26.0. The van der Waals surface area contributed by atoms with Crippen LogP contribution in [0.3, 0.4) is 0 Å². The Balaban J connectivity index is 1.71. The number of amides is 1. The number of benzene rings is 1. The molecule has 0 unspecified atom stereocenters. The molecule has 1 aliphatic heterocycles. The van der Waals surface area contributed by atoms with Crippen molar-refractivity contribution >= 4 is 27.5 Å². The molecule has 2 aliphatic rings. The van der Waals surface area contributed by atoms with E-state index in [1.807, 2.05) is 6.92 Å². The average Bonchev–Trinajstić information content (AvgIpc) is 2.79. The number of rotatable bonds is 3. The largest absolute Gasteiger partial charge is 0.483 e. The lowest BCUT2D eigenvalue weighted by atomic mass is 10.1. The summed E-state index contributed by atoms with van der Waals surface area (Å²) in [6, 6.07) is 4.90. The monoisotopic (exact) mass is 343 g/mol. The molecule has 2 fully saturated rings. The molecule has 7 heteroatoms. The van der Waals surface area contributed by atoms with Gasteiger partial charge in [0.2, 0.25) is 10.0 Å². The second-order valence-electron chi connectivity index (χ2n) is 6.00. The summed E-state index contributed by atoms with van der Waals surface area (Å²) in [6.45, 7) is 1.55. The van der Waals surface area contributed by atoms with Gasteiger partial charge in [0, 0.05) is 11.1 Å². The van der Waals surface area contributed by atoms with Gasteiger partial charge in [-0.25, -0.2) is 12.7 Å². The third-order valence-corrected chi connectivity index (χ3v) is 6.55. The molecule has 1 heterocycles. The Labute approximate surface area is 135 Å². The van der Waals surface area contributed by atoms with Crippen LogP contribution in [-0.4, -0.2) is 37.0 Å². The second kappa shape index (κ2) is 5.74. The maximum Gasteiger partial charge on any atom is 0.274 e. The third-order valence-electron chi connectivity index (χ3n) is 4.33. The van der Waals surface area contributed by atoms with E-state index in [1.54, 1.807) is 18.2 Å². The second-order valence-corrected chi connectivity index (χ2v) is 8.33. The van der Waals surface area contributed by atoms with Crippen LogP contribution < -0.4 is 4.74 Å². The minimum atomic E-state index is -3.50. The number of halogens is 1. The molecule has 5 nitrogen and oxygen atoms in total. The third kappa shape index (κ3) is 2.94.